The van der Waals surface area contributed by atoms with Gasteiger partial charge in [0.05, 0.1) is 11.3 Å². The van der Waals surface area contributed by atoms with Crippen LogP contribution in [0.2, 0.25) is 0 Å². The number of para-hydroxylation sites is 1. The average Bonchev–Trinajstić information content (AvgIpc) is 2.70. The van der Waals surface area contributed by atoms with E-state index in [2.05, 4.69) is 10.4 Å². The first kappa shape index (κ1) is 18.9. The van der Waals surface area contributed by atoms with E-state index in [4.69, 9.17) is 0 Å². The van der Waals surface area contributed by atoms with Crippen molar-refractivity contribution in [1.82, 2.24) is 9.78 Å². The highest BCUT2D eigenvalue weighted by molar-refractivity contribution is 7.98. The Labute approximate surface area is 162 Å². The number of nitrogens with one attached hydrogen (secondary N) is 1. The molecule has 3 aromatic rings. The third-order valence-corrected chi connectivity index (χ3v) is 5.02. The number of aryl methyl sites for hydroxylation is 1. The van der Waals surface area contributed by atoms with Crippen molar-refractivity contribution in [3.05, 3.63) is 70.5 Å². The SMILES string of the molecule is CCn1nc(-c2ccccc2)c(C(C)=O)c(Nc2ccccc2SC)c1=O. The molecule has 2 aromatic carbocycles. The van der Waals surface area contributed by atoms with Gasteiger partial charge in [-0.05, 0) is 32.2 Å². The van der Waals surface area contributed by atoms with Crippen LogP contribution in [-0.4, -0.2) is 21.8 Å². The third-order valence-electron chi connectivity index (χ3n) is 4.22. The maximum absolute atomic E-state index is 13.0. The van der Waals surface area contributed by atoms with Gasteiger partial charge in [-0.25, -0.2) is 4.68 Å². The van der Waals surface area contributed by atoms with Gasteiger partial charge in [0, 0.05) is 17.0 Å². The fourth-order valence-electron chi connectivity index (χ4n) is 2.92. The minimum absolute atomic E-state index is 0.203. The van der Waals surface area contributed by atoms with Crippen LogP contribution in [0.3, 0.4) is 0 Å². The Bertz CT molecular complexity index is 1030. The molecule has 5 nitrogen and oxygen atoms in total. The summed E-state index contributed by atoms with van der Waals surface area (Å²) in [4.78, 5) is 26.5. The highest BCUT2D eigenvalue weighted by Gasteiger charge is 2.22. The quantitative estimate of drug-likeness (QED) is 0.501. The van der Waals surface area contributed by atoms with Crippen LogP contribution in [0.4, 0.5) is 11.4 Å². The van der Waals surface area contributed by atoms with Crippen molar-refractivity contribution in [1.29, 1.82) is 0 Å². The molecule has 0 aliphatic rings. The van der Waals surface area contributed by atoms with Crippen LogP contribution in [0.1, 0.15) is 24.2 Å². The number of Topliss-reactive ketones (excluding diaryl/α,β-unsaturated/α-hetero) is 1. The molecule has 0 saturated carbocycles. The number of ketones is 1. The van der Waals surface area contributed by atoms with Gasteiger partial charge in [-0.15, -0.1) is 11.8 Å². The molecule has 3 rings (SSSR count). The fourth-order valence-corrected chi connectivity index (χ4v) is 3.48. The second-order valence-corrected chi connectivity index (χ2v) is 6.82. The van der Waals surface area contributed by atoms with Gasteiger partial charge in [-0.2, -0.15) is 5.10 Å². The van der Waals surface area contributed by atoms with Crippen LogP contribution < -0.4 is 10.9 Å². The largest absolute Gasteiger partial charge is 0.349 e. The van der Waals surface area contributed by atoms with Crippen LogP contribution in [0.15, 0.2) is 64.3 Å². The summed E-state index contributed by atoms with van der Waals surface area (Å²) in [6, 6.07) is 17.2. The lowest BCUT2D eigenvalue weighted by molar-refractivity contribution is 0.101. The number of carbonyl (C=O) groups is 1. The number of hydrogen-bond acceptors (Lipinski definition) is 5. The monoisotopic (exact) mass is 379 g/mol. The second-order valence-electron chi connectivity index (χ2n) is 5.97. The normalized spacial score (nSPS) is 10.6. The lowest BCUT2D eigenvalue weighted by atomic mass is 10.0. The third kappa shape index (κ3) is 3.80. The molecule has 6 heteroatoms. The van der Waals surface area contributed by atoms with E-state index < -0.39 is 0 Å². The van der Waals surface area contributed by atoms with Crippen LogP contribution >= 0.6 is 11.8 Å². The molecular formula is C21H21N3O2S. The van der Waals surface area contributed by atoms with Crippen molar-refractivity contribution >= 4 is 28.9 Å². The van der Waals surface area contributed by atoms with Crippen LogP contribution in [0, 0.1) is 0 Å². The summed E-state index contributed by atoms with van der Waals surface area (Å²) in [5.41, 5.74) is 2.36. The van der Waals surface area contributed by atoms with E-state index in [1.165, 1.54) is 11.6 Å². The Morgan fingerprint density at radius 3 is 2.41 bits per heavy atom. The van der Waals surface area contributed by atoms with E-state index in [0.717, 1.165) is 16.1 Å². The Balaban J connectivity index is 2.29. The number of hydrogen-bond donors (Lipinski definition) is 1. The van der Waals surface area contributed by atoms with E-state index in [-0.39, 0.29) is 17.0 Å². The van der Waals surface area contributed by atoms with E-state index in [0.29, 0.717) is 17.8 Å². The molecule has 0 bridgehead atoms. The Hall–Kier alpha value is -2.86. The predicted molar refractivity (Wildman–Crippen MR) is 111 cm³/mol. The molecule has 0 aliphatic heterocycles. The Morgan fingerprint density at radius 2 is 1.78 bits per heavy atom. The summed E-state index contributed by atoms with van der Waals surface area (Å²) in [5, 5.41) is 7.68. The molecule has 0 spiro atoms. The van der Waals surface area contributed by atoms with Gasteiger partial charge in [0.25, 0.3) is 5.56 Å². The maximum Gasteiger partial charge on any atom is 0.291 e. The summed E-state index contributed by atoms with van der Waals surface area (Å²) < 4.78 is 1.39. The fraction of sp³-hybridized carbons (Fsp3) is 0.190. The topological polar surface area (TPSA) is 64.0 Å². The number of benzene rings is 2. The van der Waals surface area contributed by atoms with E-state index in [1.807, 2.05) is 67.8 Å². The molecule has 1 heterocycles. The number of anilines is 2. The Kier molecular flexibility index (Phi) is 5.76. The number of nitrogens with zero attached hydrogens (tertiary/aromatic N) is 2. The number of rotatable bonds is 6. The van der Waals surface area contributed by atoms with Crippen LogP contribution in [0.5, 0.6) is 0 Å². The highest BCUT2D eigenvalue weighted by atomic mass is 32.2. The summed E-state index contributed by atoms with van der Waals surface area (Å²) in [7, 11) is 0. The van der Waals surface area contributed by atoms with Gasteiger partial charge in [0.15, 0.2) is 5.78 Å². The molecule has 0 saturated heterocycles. The smallest absolute Gasteiger partial charge is 0.291 e. The van der Waals surface area contributed by atoms with Gasteiger partial charge < -0.3 is 5.32 Å². The summed E-state index contributed by atoms with van der Waals surface area (Å²) in [6.07, 6.45) is 1.97. The van der Waals surface area contributed by atoms with E-state index >= 15 is 0 Å². The zero-order valence-electron chi connectivity index (χ0n) is 15.5. The number of aromatic nitrogens is 2. The molecule has 1 N–H and O–H groups in total. The average molecular weight is 379 g/mol. The van der Waals surface area contributed by atoms with Gasteiger partial charge in [0.1, 0.15) is 11.4 Å². The molecular weight excluding hydrogens is 358 g/mol. The molecule has 1 aromatic heterocycles. The lowest BCUT2D eigenvalue weighted by Gasteiger charge is -2.17. The van der Waals surface area contributed by atoms with Gasteiger partial charge in [-0.3, -0.25) is 9.59 Å². The molecule has 0 atom stereocenters. The van der Waals surface area contributed by atoms with Gasteiger partial charge >= 0.3 is 0 Å². The number of thioether (sulfide) groups is 1. The first-order chi connectivity index (χ1) is 13.1. The molecule has 0 amide bonds. The molecule has 27 heavy (non-hydrogen) atoms. The van der Waals surface area contributed by atoms with Gasteiger partial charge in [0.2, 0.25) is 0 Å². The molecule has 0 radical (unpaired) electrons. The van der Waals surface area contributed by atoms with Crippen LogP contribution in [0.25, 0.3) is 11.3 Å². The van der Waals surface area contributed by atoms with Crippen molar-refractivity contribution in [3.63, 3.8) is 0 Å². The van der Waals surface area contributed by atoms with Crippen molar-refractivity contribution in [2.24, 2.45) is 0 Å². The van der Waals surface area contributed by atoms with E-state index in [9.17, 15) is 9.59 Å². The van der Waals surface area contributed by atoms with Crippen molar-refractivity contribution in [2.75, 3.05) is 11.6 Å². The molecule has 138 valence electrons. The van der Waals surface area contributed by atoms with Crippen molar-refractivity contribution < 1.29 is 4.79 Å². The van der Waals surface area contributed by atoms with Crippen LogP contribution in [-0.2, 0) is 6.54 Å². The zero-order valence-corrected chi connectivity index (χ0v) is 16.3. The summed E-state index contributed by atoms with van der Waals surface area (Å²) in [6.45, 7) is 3.73. The minimum atomic E-state index is -0.307. The molecule has 0 fully saturated rings. The first-order valence-electron chi connectivity index (χ1n) is 8.68. The summed E-state index contributed by atoms with van der Waals surface area (Å²) in [5.74, 6) is -0.203. The minimum Gasteiger partial charge on any atom is -0.349 e. The maximum atomic E-state index is 13.0. The van der Waals surface area contributed by atoms with E-state index in [1.54, 1.807) is 11.8 Å². The molecule has 0 unspecified atom stereocenters. The predicted octanol–water partition coefficient (Wildman–Crippen LogP) is 4.60. The second kappa shape index (κ2) is 8.22. The summed E-state index contributed by atoms with van der Waals surface area (Å²) >= 11 is 1.57. The highest BCUT2D eigenvalue weighted by Crippen LogP contribution is 2.31. The van der Waals surface area contributed by atoms with Gasteiger partial charge in [-0.1, -0.05) is 42.5 Å². The molecule has 0 aliphatic carbocycles. The zero-order chi connectivity index (χ0) is 19.4. The Morgan fingerprint density at radius 1 is 1.11 bits per heavy atom. The standard InChI is InChI=1S/C21H21N3O2S/c1-4-24-21(26)20(22-16-12-8-9-13-17(16)27-3)18(14(2)25)19(23-24)15-10-6-5-7-11-15/h5-13,22H,4H2,1-3H3. The lowest BCUT2D eigenvalue weighted by Crippen LogP contribution is -2.28. The number of carbonyl (C=O) groups excluding carboxylic acids is 1. The van der Waals surface area contributed by atoms with Crippen molar-refractivity contribution in [2.45, 2.75) is 25.3 Å². The van der Waals surface area contributed by atoms with Crippen molar-refractivity contribution in [3.8, 4) is 11.3 Å². The first-order valence-corrected chi connectivity index (χ1v) is 9.90.